The van der Waals surface area contributed by atoms with E-state index in [1.807, 2.05) is 40.1 Å². The van der Waals surface area contributed by atoms with Crippen molar-refractivity contribution in [2.24, 2.45) is 7.05 Å². The fraction of sp³-hybridized carbons (Fsp3) is 0.385. The van der Waals surface area contributed by atoms with E-state index in [0.717, 1.165) is 52.2 Å². The van der Waals surface area contributed by atoms with Gasteiger partial charge in [-0.2, -0.15) is 5.10 Å². The maximum atomic E-state index is 12.5. The van der Waals surface area contributed by atoms with Gasteiger partial charge in [0.2, 0.25) is 0 Å². The van der Waals surface area contributed by atoms with Crippen molar-refractivity contribution in [2.75, 3.05) is 6.61 Å². The highest BCUT2D eigenvalue weighted by molar-refractivity contribution is 5.91. The van der Waals surface area contributed by atoms with Crippen molar-refractivity contribution >= 4 is 17.1 Å². The second-order valence-corrected chi connectivity index (χ2v) is 9.78. The highest BCUT2D eigenvalue weighted by Gasteiger charge is 2.26. The number of nitrogens with zero attached hydrogens (tertiary/aromatic N) is 4. The first kappa shape index (κ1) is 22.1. The molecule has 0 saturated carbocycles. The minimum absolute atomic E-state index is 0.0724. The summed E-state index contributed by atoms with van der Waals surface area (Å²) < 4.78 is 13.4. The van der Waals surface area contributed by atoms with E-state index >= 15 is 0 Å². The van der Waals surface area contributed by atoms with Gasteiger partial charge in [-0.15, -0.1) is 0 Å². The topological polar surface area (TPSA) is 94.9 Å². The van der Waals surface area contributed by atoms with Gasteiger partial charge in [0.05, 0.1) is 30.3 Å². The summed E-state index contributed by atoms with van der Waals surface area (Å²) in [7, 11) is 1.88. The van der Waals surface area contributed by atoms with Crippen LogP contribution in [0.2, 0.25) is 0 Å². The molecule has 3 aromatic heterocycles. The lowest BCUT2D eigenvalue weighted by Gasteiger charge is -2.22. The molecule has 0 spiro atoms. The Kier molecular flexibility index (Phi) is 5.59. The number of nitrogens with one attached hydrogen (secondary N) is 1. The van der Waals surface area contributed by atoms with Gasteiger partial charge in [0.1, 0.15) is 17.2 Å². The Bertz CT molecular complexity index is 1350. The lowest BCUT2D eigenvalue weighted by molar-refractivity contribution is -0.155. The molecule has 1 N–H and O–H groups in total. The number of imidazole rings is 1. The minimum Gasteiger partial charge on any atom is -0.493 e. The average Bonchev–Trinajstić information content (AvgIpc) is 3.35. The molecule has 4 heterocycles. The van der Waals surface area contributed by atoms with E-state index in [2.05, 4.69) is 38.2 Å². The standard InChI is InChI=1S/C26H29N5O3/c1-26(2,3)34-22(32)13-16-6-5-11-33-21-12-17(7-8-19(16)21)20-9-10-27-25-23(20)29-24(30-25)18-14-28-31(4)15-18/h7-10,12,14-16H,5-6,11,13H2,1-4H3,(H,27,29,30). The van der Waals surface area contributed by atoms with Crippen LogP contribution in [0.4, 0.5) is 0 Å². The molecular formula is C26H29N5O3. The van der Waals surface area contributed by atoms with Crippen LogP contribution in [0.15, 0.2) is 42.9 Å². The Morgan fingerprint density at radius 3 is 2.88 bits per heavy atom. The molecule has 4 aromatic rings. The highest BCUT2D eigenvalue weighted by Crippen LogP contribution is 2.39. The van der Waals surface area contributed by atoms with Crippen molar-refractivity contribution in [1.82, 2.24) is 24.7 Å². The van der Waals surface area contributed by atoms with Crippen LogP contribution < -0.4 is 4.74 Å². The Labute approximate surface area is 198 Å². The fourth-order valence-corrected chi connectivity index (χ4v) is 4.46. The number of aromatic amines is 1. The lowest BCUT2D eigenvalue weighted by Crippen LogP contribution is -2.24. The number of hydrogen-bond donors (Lipinski definition) is 1. The van der Waals surface area contributed by atoms with Crippen molar-refractivity contribution in [3.63, 3.8) is 0 Å². The van der Waals surface area contributed by atoms with Crippen molar-refractivity contribution in [3.05, 3.63) is 48.4 Å². The molecule has 8 nitrogen and oxygen atoms in total. The van der Waals surface area contributed by atoms with Crippen LogP contribution in [0.1, 0.15) is 51.5 Å². The van der Waals surface area contributed by atoms with Gasteiger partial charge in [-0.3, -0.25) is 9.48 Å². The Balaban J connectivity index is 1.48. The van der Waals surface area contributed by atoms with Crippen molar-refractivity contribution in [2.45, 2.75) is 51.6 Å². The number of aryl methyl sites for hydroxylation is 1. The van der Waals surface area contributed by atoms with Gasteiger partial charge >= 0.3 is 5.97 Å². The van der Waals surface area contributed by atoms with Crippen LogP contribution in [-0.4, -0.2) is 42.9 Å². The largest absolute Gasteiger partial charge is 0.493 e. The number of carbonyl (C=O) groups is 1. The van der Waals surface area contributed by atoms with Crippen molar-refractivity contribution in [3.8, 4) is 28.3 Å². The molecule has 8 heteroatoms. The maximum absolute atomic E-state index is 12.5. The van der Waals surface area contributed by atoms with Crippen LogP contribution in [0.5, 0.6) is 5.75 Å². The van der Waals surface area contributed by atoms with Gasteiger partial charge in [0.25, 0.3) is 0 Å². The molecule has 1 aliphatic heterocycles. The molecule has 0 saturated heterocycles. The van der Waals surface area contributed by atoms with Crippen LogP contribution >= 0.6 is 0 Å². The van der Waals surface area contributed by atoms with Crippen LogP contribution in [0.25, 0.3) is 33.7 Å². The van der Waals surface area contributed by atoms with E-state index in [1.54, 1.807) is 17.1 Å². The smallest absolute Gasteiger partial charge is 0.306 e. The van der Waals surface area contributed by atoms with E-state index in [1.165, 1.54) is 0 Å². The molecule has 1 atom stereocenters. The first-order valence-corrected chi connectivity index (χ1v) is 11.6. The van der Waals surface area contributed by atoms with Gasteiger partial charge in [-0.25, -0.2) is 9.97 Å². The summed E-state index contributed by atoms with van der Waals surface area (Å²) in [6.45, 7) is 6.31. The van der Waals surface area contributed by atoms with Gasteiger partial charge in [0, 0.05) is 25.0 Å². The molecule has 1 aliphatic rings. The third-order valence-corrected chi connectivity index (χ3v) is 5.92. The number of H-pyrrole nitrogens is 1. The molecule has 0 aliphatic carbocycles. The second kappa shape index (κ2) is 8.59. The Hall–Kier alpha value is -3.68. The number of fused-ring (bicyclic) bond motifs is 2. The number of rotatable bonds is 4. The molecule has 1 unspecified atom stereocenters. The monoisotopic (exact) mass is 459 g/mol. The first-order chi connectivity index (χ1) is 16.3. The molecule has 5 rings (SSSR count). The zero-order chi connectivity index (χ0) is 23.9. The second-order valence-electron chi connectivity index (χ2n) is 9.78. The first-order valence-electron chi connectivity index (χ1n) is 11.6. The van der Waals surface area contributed by atoms with Gasteiger partial charge < -0.3 is 14.5 Å². The molecule has 0 fully saturated rings. The number of carbonyl (C=O) groups excluding carboxylic acids is 1. The number of benzene rings is 1. The normalized spacial score (nSPS) is 16.1. The average molecular weight is 460 g/mol. The van der Waals surface area contributed by atoms with E-state index in [4.69, 9.17) is 9.47 Å². The summed E-state index contributed by atoms with van der Waals surface area (Å²) in [5.41, 5.74) is 4.98. The molecule has 176 valence electrons. The van der Waals surface area contributed by atoms with E-state index in [-0.39, 0.29) is 11.9 Å². The van der Waals surface area contributed by atoms with E-state index in [0.29, 0.717) is 18.7 Å². The van der Waals surface area contributed by atoms with E-state index in [9.17, 15) is 4.79 Å². The lowest BCUT2D eigenvalue weighted by atomic mass is 9.90. The van der Waals surface area contributed by atoms with Gasteiger partial charge in [-0.1, -0.05) is 12.1 Å². The number of aromatic nitrogens is 5. The van der Waals surface area contributed by atoms with Gasteiger partial charge in [-0.05, 0) is 62.8 Å². The third-order valence-electron chi connectivity index (χ3n) is 5.92. The summed E-state index contributed by atoms with van der Waals surface area (Å²) >= 11 is 0. The number of hydrogen-bond acceptors (Lipinski definition) is 6. The molecule has 0 bridgehead atoms. The molecule has 1 aromatic carbocycles. The number of ether oxygens (including phenoxy) is 2. The Morgan fingerprint density at radius 1 is 1.26 bits per heavy atom. The molecule has 0 radical (unpaired) electrons. The van der Waals surface area contributed by atoms with Crippen LogP contribution in [0, 0.1) is 0 Å². The summed E-state index contributed by atoms with van der Waals surface area (Å²) in [5, 5.41) is 4.23. The van der Waals surface area contributed by atoms with Crippen molar-refractivity contribution < 1.29 is 14.3 Å². The van der Waals surface area contributed by atoms with Gasteiger partial charge in [0.15, 0.2) is 5.65 Å². The van der Waals surface area contributed by atoms with E-state index < -0.39 is 5.60 Å². The van der Waals surface area contributed by atoms with Crippen LogP contribution in [-0.2, 0) is 16.6 Å². The van der Waals surface area contributed by atoms with Crippen LogP contribution in [0.3, 0.4) is 0 Å². The molecular weight excluding hydrogens is 430 g/mol. The minimum atomic E-state index is -0.490. The molecule has 0 amide bonds. The summed E-state index contributed by atoms with van der Waals surface area (Å²) in [5.74, 6) is 1.45. The summed E-state index contributed by atoms with van der Waals surface area (Å²) in [6.07, 6.45) is 7.59. The highest BCUT2D eigenvalue weighted by atomic mass is 16.6. The van der Waals surface area contributed by atoms with Crippen molar-refractivity contribution in [1.29, 1.82) is 0 Å². The maximum Gasteiger partial charge on any atom is 0.306 e. The third kappa shape index (κ3) is 4.53. The zero-order valence-corrected chi connectivity index (χ0v) is 20.0. The predicted molar refractivity (Wildman–Crippen MR) is 129 cm³/mol. The number of esters is 1. The Morgan fingerprint density at radius 2 is 2.12 bits per heavy atom. The SMILES string of the molecule is Cn1cc(-c2nc3nccc(-c4ccc5c(c4)OCCCC5CC(=O)OC(C)(C)C)c3[nH]2)cn1. The quantitative estimate of drug-likeness (QED) is 0.431. The summed E-state index contributed by atoms with van der Waals surface area (Å²) in [6, 6.07) is 8.19. The zero-order valence-electron chi connectivity index (χ0n) is 20.0. The number of pyridine rings is 1. The molecule has 34 heavy (non-hydrogen) atoms. The fourth-order valence-electron chi connectivity index (χ4n) is 4.46. The summed E-state index contributed by atoms with van der Waals surface area (Å²) in [4.78, 5) is 25.0. The predicted octanol–water partition coefficient (Wildman–Crippen LogP) is 5.01.